The highest BCUT2D eigenvalue weighted by atomic mass is 16.5. The van der Waals surface area contributed by atoms with Crippen LogP contribution in [0.15, 0.2) is 18.2 Å². The van der Waals surface area contributed by atoms with Crippen LogP contribution in [0.5, 0.6) is 5.75 Å². The first-order valence-corrected chi connectivity index (χ1v) is 10.7. The van der Waals surface area contributed by atoms with E-state index >= 15 is 0 Å². The van der Waals surface area contributed by atoms with Gasteiger partial charge in [0.15, 0.2) is 0 Å². The molecule has 2 aliphatic heterocycles. The number of ether oxygens (including phenoxy) is 1. The minimum Gasteiger partial charge on any atom is -0.491 e. The van der Waals surface area contributed by atoms with E-state index in [0.717, 1.165) is 44.6 Å². The highest BCUT2D eigenvalue weighted by molar-refractivity contribution is 5.79. The summed E-state index contributed by atoms with van der Waals surface area (Å²) >= 11 is 0. The van der Waals surface area contributed by atoms with Crippen molar-refractivity contribution in [2.24, 2.45) is 5.92 Å². The van der Waals surface area contributed by atoms with Gasteiger partial charge in [0.25, 0.3) is 0 Å². The average Bonchev–Trinajstić information content (AvgIpc) is 2.68. The number of amides is 1. The lowest BCUT2D eigenvalue weighted by atomic mass is 9.90. The van der Waals surface area contributed by atoms with Gasteiger partial charge in [-0.05, 0) is 89.7 Å². The first-order valence-electron chi connectivity index (χ1n) is 10.7. The number of hydrogen-bond donors (Lipinski definition) is 1. The predicted molar refractivity (Wildman–Crippen MR) is 112 cm³/mol. The zero-order chi connectivity index (χ0) is 20.3. The summed E-state index contributed by atoms with van der Waals surface area (Å²) < 4.78 is 5.90. The van der Waals surface area contributed by atoms with Gasteiger partial charge in [-0.3, -0.25) is 4.79 Å². The molecule has 3 rings (SSSR count). The Morgan fingerprint density at radius 2 is 1.93 bits per heavy atom. The van der Waals surface area contributed by atoms with Crippen LogP contribution in [0.3, 0.4) is 0 Å². The maximum absolute atomic E-state index is 13.0. The Kier molecular flexibility index (Phi) is 6.66. The lowest BCUT2D eigenvalue weighted by Gasteiger charge is -2.41. The molecular weight excluding hydrogens is 352 g/mol. The fourth-order valence-electron chi connectivity index (χ4n) is 4.36. The number of aliphatic hydroxyl groups is 1. The highest BCUT2D eigenvalue weighted by Gasteiger charge is 2.38. The van der Waals surface area contributed by atoms with E-state index in [-0.39, 0.29) is 18.4 Å². The van der Waals surface area contributed by atoms with E-state index in [9.17, 15) is 9.90 Å². The van der Waals surface area contributed by atoms with Crippen LogP contribution < -0.4 is 4.74 Å². The number of piperidine rings is 2. The van der Waals surface area contributed by atoms with Crippen molar-refractivity contribution in [2.75, 3.05) is 32.8 Å². The number of β-amino-alcohol motifs (C(OH)–C–C–N with tert-alkyl or cyclic N) is 1. The van der Waals surface area contributed by atoms with Gasteiger partial charge in [0.05, 0.1) is 6.54 Å². The standard InChI is InChI=1S/C23H36N2O3/c1-17(2)24-12-8-20(9-13-24)22(26)25-11-5-10-23(27,15-25)16-28-21-7-6-18(3)19(4)14-21/h6-7,14,17,20,27H,5,8-13,15-16H2,1-4H3. The molecule has 0 bridgehead atoms. The molecular formula is C23H36N2O3. The molecule has 1 atom stereocenters. The summed E-state index contributed by atoms with van der Waals surface area (Å²) in [5.41, 5.74) is 1.44. The number of nitrogens with zero attached hydrogens (tertiary/aromatic N) is 2. The number of carbonyl (C=O) groups excluding carboxylic acids is 1. The fraction of sp³-hybridized carbons (Fsp3) is 0.696. The van der Waals surface area contributed by atoms with Crippen LogP contribution in [0, 0.1) is 19.8 Å². The zero-order valence-electron chi connectivity index (χ0n) is 17.9. The Hall–Kier alpha value is -1.59. The first-order chi connectivity index (χ1) is 13.3. The van der Waals surface area contributed by atoms with E-state index in [1.807, 2.05) is 23.1 Å². The number of carbonyl (C=O) groups is 1. The molecule has 2 heterocycles. The third kappa shape index (κ3) is 5.06. The van der Waals surface area contributed by atoms with Gasteiger partial charge in [-0.1, -0.05) is 6.07 Å². The molecule has 28 heavy (non-hydrogen) atoms. The van der Waals surface area contributed by atoms with Crippen molar-refractivity contribution in [1.82, 2.24) is 9.80 Å². The van der Waals surface area contributed by atoms with Crippen LogP contribution in [0.4, 0.5) is 0 Å². The van der Waals surface area contributed by atoms with Gasteiger partial charge >= 0.3 is 0 Å². The minimum absolute atomic E-state index is 0.0954. The molecule has 1 amide bonds. The molecule has 156 valence electrons. The number of rotatable bonds is 5. The number of aryl methyl sites for hydroxylation is 2. The van der Waals surface area contributed by atoms with Crippen LogP contribution in [-0.4, -0.2) is 65.2 Å². The van der Waals surface area contributed by atoms with Crippen molar-refractivity contribution in [3.63, 3.8) is 0 Å². The van der Waals surface area contributed by atoms with Crippen molar-refractivity contribution in [3.8, 4) is 5.75 Å². The second-order valence-corrected chi connectivity index (χ2v) is 9.03. The molecule has 1 unspecified atom stereocenters. The smallest absolute Gasteiger partial charge is 0.225 e. The van der Waals surface area contributed by atoms with Gasteiger partial charge in [0.2, 0.25) is 5.91 Å². The summed E-state index contributed by atoms with van der Waals surface area (Å²) in [6, 6.07) is 6.53. The van der Waals surface area contributed by atoms with Gasteiger partial charge in [-0.15, -0.1) is 0 Å². The molecule has 1 aromatic rings. The van der Waals surface area contributed by atoms with Crippen LogP contribution >= 0.6 is 0 Å². The van der Waals surface area contributed by atoms with Gasteiger partial charge < -0.3 is 19.6 Å². The van der Waals surface area contributed by atoms with E-state index in [0.29, 0.717) is 19.0 Å². The molecule has 2 saturated heterocycles. The molecule has 0 aromatic heterocycles. The van der Waals surface area contributed by atoms with Gasteiger partial charge in [0.1, 0.15) is 18.0 Å². The van der Waals surface area contributed by atoms with Crippen molar-refractivity contribution in [3.05, 3.63) is 29.3 Å². The molecule has 1 N–H and O–H groups in total. The van der Waals surface area contributed by atoms with Crippen molar-refractivity contribution in [1.29, 1.82) is 0 Å². The molecule has 2 aliphatic rings. The van der Waals surface area contributed by atoms with Crippen molar-refractivity contribution in [2.45, 2.75) is 65.0 Å². The quantitative estimate of drug-likeness (QED) is 0.842. The predicted octanol–water partition coefficient (Wildman–Crippen LogP) is 3.16. The number of benzene rings is 1. The second-order valence-electron chi connectivity index (χ2n) is 9.03. The van der Waals surface area contributed by atoms with Crippen LogP contribution in [-0.2, 0) is 4.79 Å². The molecule has 5 nitrogen and oxygen atoms in total. The second kappa shape index (κ2) is 8.83. The largest absolute Gasteiger partial charge is 0.491 e. The summed E-state index contributed by atoms with van der Waals surface area (Å²) in [4.78, 5) is 17.3. The molecule has 0 saturated carbocycles. The maximum atomic E-state index is 13.0. The van der Waals surface area contributed by atoms with Crippen LogP contribution in [0.2, 0.25) is 0 Å². The van der Waals surface area contributed by atoms with E-state index in [1.54, 1.807) is 0 Å². The maximum Gasteiger partial charge on any atom is 0.225 e. The molecule has 5 heteroatoms. The first kappa shape index (κ1) is 21.1. The third-order valence-corrected chi connectivity index (χ3v) is 6.46. The Labute approximate surface area is 169 Å². The lowest BCUT2D eigenvalue weighted by Crippen LogP contribution is -2.55. The molecule has 0 spiro atoms. The third-order valence-electron chi connectivity index (χ3n) is 6.46. The monoisotopic (exact) mass is 388 g/mol. The zero-order valence-corrected chi connectivity index (χ0v) is 17.9. The molecule has 2 fully saturated rings. The van der Waals surface area contributed by atoms with E-state index in [4.69, 9.17) is 4.74 Å². The minimum atomic E-state index is -0.967. The van der Waals surface area contributed by atoms with Crippen LogP contribution in [0.25, 0.3) is 0 Å². The molecule has 0 radical (unpaired) electrons. The molecule has 1 aromatic carbocycles. The Bertz CT molecular complexity index is 682. The number of hydrogen-bond acceptors (Lipinski definition) is 4. The van der Waals surface area contributed by atoms with Crippen molar-refractivity contribution >= 4 is 5.91 Å². The van der Waals surface area contributed by atoms with Gasteiger partial charge in [0, 0.05) is 18.5 Å². The van der Waals surface area contributed by atoms with E-state index in [2.05, 4.69) is 32.6 Å². The summed E-state index contributed by atoms with van der Waals surface area (Å²) in [6.07, 6.45) is 3.34. The van der Waals surface area contributed by atoms with Crippen LogP contribution in [0.1, 0.15) is 50.7 Å². The topological polar surface area (TPSA) is 53.0 Å². The fourth-order valence-corrected chi connectivity index (χ4v) is 4.36. The van der Waals surface area contributed by atoms with Gasteiger partial charge in [-0.2, -0.15) is 0 Å². The SMILES string of the molecule is Cc1ccc(OCC2(O)CCCN(C(=O)C3CCN(C(C)C)CC3)C2)cc1C. The number of likely N-dealkylation sites (tertiary alicyclic amines) is 2. The van der Waals surface area contributed by atoms with Gasteiger partial charge in [-0.25, -0.2) is 0 Å². The average molecular weight is 389 g/mol. The summed E-state index contributed by atoms with van der Waals surface area (Å²) in [6.45, 7) is 11.9. The Morgan fingerprint density at radius 3 is 2.57 bits per heavy atom. The Balaban J connectivity index is 1.55. The van der Waals surface area contributed by atoms with Crippen molar-refractivity contribution < 1.29 is 14.6 Å². The summed E-state index contributed by atoms with van der Waals surface area (Å²) in [5.74, 6) is 1.09. The normalized spacial score (nSPS) is 24.6. The lowest BCUT2D eigenvalue weighted by molar-refractivity contribution is -0.146. The Morgan fingerprint density at radius 1 is 1.21 bits per heavy atom. The summed E-state index contributed by atoms with van der Waals surface area (Å²) in [5, 5.41) is 11.1. The van der Waals surface area contributed by atoms with E-state index in [1.165, 1.54) is 11.1 Å². The van der Waals surface area contributed by atoms with E-state index < -0.39 is 5.60 Å². The highest BCUT2D eigenvalue weighted by Crippen LogP contribution is 2.27. The summed E-state index contributed by atoms with van der Waals surface area (Å²) in [7, 11) is 0. The molecule has 0 aliphatic carbocycles.